The highest BCUT2D eigenvalue weighted by molar-refractivity contribution is 7.20. The van der Waals surface area contributed by atoms with Crippen molar-refractivity contribution in [1.29, 1.82) is 0 Å². The van der Waals surface area contributed by atoms with Crippen LogP contribution in [0.1, 0.15) is 19.4 Å². The van der Waals surface area contributed by atoms with Gasteiger partial charge in [-0.25, -0.2) is 0 Å². The molecule has 0 aliphatic carbocycles. The maximum Gasteiger partial charge on any atom is 0.499 e. The summed E-state index contributed by atoms with van der Waals surface area (Å²) < 4.78 is 0.630. The van der Waals surface area contributed by atoms with Crippen LogP contribution >= 0.6 is 11.3 Å². The van der Waals surface area contributed by atoms with E-state index >= 15 is 0 Å². The van der Waals surface area contributed by atoms with Crippen LogP contribution in [0.3, 0.4) is 0 Å². The molecular weight excluding hydrogens is 171 g/mol. The Morgan fingerprint density at radius 2 is 2.17 bits per heavy atom. The largest absolute Gasteiger partial charge is 0.499 e. The summed E-state index contributed by atoms with van der Waals surface area (Å²) in [5.74, 6) is 0.614. The Hall–Kier alpha value is -0.315. The van der Waals surface area contributed by atoms with Crippen molar-refractivity contribution >= 4 is 23.2 Å². The Balaban J connectivity index is 2.64. The Kier molecular flexibility index (Phi) is 3.32. The summed E-state index contributed by atoms with van der Waals surface area (Å²) in [5, 5.41) is 19.7. The van der Waals surface area contributed by atoms with Gasteiger partial charge in [0.05, 0.1) is 0 Å². The molecule has 0 spiro atoms. The molecule has 0 aliphatic heterocycles. The van der Waals surface area contributed by atoms with Crippen LogP contribution in [0.15, 0.2) is 11.4 Å². The molecule has 0 aromatic carbocycles. The van der Waals surface area contributed by atoms with Crippen LogP contribution in [0.5, 0.6) is 0 Å². The molecule has 0 saturated heterocycles. The van der Waals surface area contributed by atoms with Gasteiger partial charge in [-0.1, -0.05) is 13.8 Å². The molecule has 4 heteroatoms. The predicted molar refractivity (Wildman–Crippen MR) is 52.7 cm³/mol. The Morgan fingerprint density at radius 1 is 1.50 bits per heavy atom. The minimum atomic E-state index is -1.31. The van der Waals surface area contributed by atoms with E-state index in [9.17, 15) is 0 Å². The van der Waals surface area contributed by atoms with Gasteiger partial charge in [-0.15, -0.1) is 0 Å². The molecule has 0 bridgehead atoms. The zero-order valence-corrected chi connectivity index (χ0v) is 8.14. The van der Waals surface area contributed by atoms with Crippen LogP contribution in [0.25, 0.3) is 0 Å². The predicted octanol–water partition coefficient (Wildman–Crippen LogP) is 0.626. The lowest BCUT2D eigenvalue weighted by molar-refractivity contribution is 0.427. The SMILES string of the molecule is CC(C)Cc1csc(B(O)O)c1. The highest BCUT2D eigenvalue weighted by Crippen LogP contribution is 2.10. The Labute approximate surface area is 77.0 Å². The summed E-state index contributed by atoms with van der Waals surface area (Å²) in [5.41, 5.74) is 1.19. The molecule has 1 heterocycles. The molecule has 12 heavy (non-hydrogen) atoms. The van der Waals surface area contributed by atoms with E-state index in [0.717, 1.165) is 6.42 Å². The van der Waals surface area contributed by atoms with Gasteiger partial charge in [0.2, 0.25) is 0 Å². The molecule has 1 aromatic heterocycles. The monoisotopic (exact) mass is 184 g/mol. The molecule has 2 nitrogen and oxygen atoms in total. The van der Waals surface area contributed by atoms with Crippen molar-refractivity contribution < 1.29 is 10.0 Å². The molecule has 1 rings (SSSR count). The fraction of sp³-hybridized carbons (Fsp3) is 0.500. The Morgan fingerprint density at radius 3 is 2.58 bits per heavy atom. The molecule has 2 N–H and O–H groups in total. The number of hydrogen-bond donors (Lipinski definition) is 2. The van der Waals surface area contributed by atoms with Crippen molar-refractivity contribution in [1.82, 2.24) is 0 Å². The fourth-order valence-corrected chi connectivity index (χ4v) is 1.90. The van der Waals surface area contributed by atoms with E-state index < -0.39 is 7.12 Å². The smallest absolute Gasteiger partial charge is 0.423 e. The standard InChI is InChI=1S/C8H13BO2S/c1-6(2)3-7-4-8(9(10)11)12-5-7/h4-6,10-11H,3H2,1-2H3. The maximum atomic E-state index is 8.84. The van der Waals surface area contributed by atoms with Gasteiger partial charge in [-0.2, -0.15) is 11.3 Å². The highest BCUT2D eigenvalue weighted by atomic mass is 32.1. The third-order valence-electron chi connectivity index (χ3n) is 1.57. The van der Waals surface area contributed by atoms with Crippen molar-refractivity contribution in [2.24, 2.45) is 5.92 Å². The summed E-state index contributed by atoms with van der Waals surface area (Å²) in [6.45, 7) is 4.29. The lowest BCUT2D eigenvalue weighted by Gasteiger charge is -1.99. The summed E-state index contributed by atoms with van der Waals surface area (Å²) >= 11 is 1.40. The molecule has 0 aliphatic rings. The average Bonchev–Trinajstić information content (AvgIpc) is 2.34. The lowest BCUT2D eigenvalue weighted by atomic mass is 9.88. The van der Waals surface area contributed by atoms with Gasteiger partial charge in [0.15, 0.2) is 0 Å². The molecule has 0 unspecified atom stereocenters. The second kappa shape index (κ2) is 4.07. The number of rotatable bonds is 3. The summed E-state index contributed by atoms with van der Waals surface area (Å²) in [6.07, 6.45) is 1.00. The van der Waals surface area contributed by atoms with Crippen molar-refractivity contribution in [2.45, 2.75) is 20.3 Å². The average molecular weight is 184 g/mol. The van der Waals surface area contributed by atoms with Crippen LogP contribution < -0.4 is 4.78 Å². The van der Waals surface area contributed by atoms with Crippen molar-refractivity contribution in [3.63, 3.8) is 0 Å². The molecule has 66 valence electrons. The van der Waals surface area contributed by atoms with Gasteiger partial charge < -0.3 is 10.0 Å². The molecule has 0 atom stereocenters. The van der Waals surface area contributed by atoms with E-state index in [0.29, 0.717) is 10.7 Å². The van der Waals surface area contributed by atoms with Crippen molar-refractivity contribution in [2.75, 3.05) is 0 Å². The third-order valence-corrected chi connectivity index (χ3v) is 2.59. The number of hydrogen-bond acceptors (Lipinski definition) is 3. The normalized spacial score (nSPS) is 10.8. The zero-order valence-electron chi connectivity index (χ0n) is 7.32. The molecule has 0 saturated carbocycles. The minimum absolute atomic E-state index is 0.614. The van der Waals surface area contributed by atoms with E-state index in [1.54, 1.807) is 0 Å². The topological polar surface area (TPSA) is 40.5 Å². The highest BCUT2D eigenvalue weighted by Gasteiger charge is 2.13. The van der Waals surface area contributed by atoms with Crippen LogP contribution in [0.2, 0.25) is 0 Å². The third kappa shape index (κ3) is 2.62. The van der Waals surface area contributed by atoms with Gasteiger partial charge in [-0.3, -0.25) is 0 Å². The van der Waals surface area contributed by atoms with Gasteiger partial charge in [-0.05, 0) is 29.3 Å². The van der Waals surface area contributed by atoms with Gasteiger partial charge >= 0.3 is 7.12 Å². The van der Waals surface area contributed by atoms with E-state index in [2.05, 4.69) is 13.8 Å². The van der Waals surface area contributed by atoms with Crippen LogP contribution in [0.4, 0.5) is 0 Å². The van der Waals surface area contributed by atoms with E-state index in [-0.39, 0.29) is 0 Å². The van der Waals surface area contributed by atoms with Crippen LogP contribution in [-0.2, 0) is 6.42 Å². The lowest BCUT2D eigenvalue weighted by Crippen LogP contribution is -2.26. The van der Waals surface area contributed by atoms with Crippen molar-refractivity contribution in [3.8, 4) is 0 Å². The Bertz CT molecular complexity index is 245. The van der Waals surface area contributed by atoms with Crippen molar-refractivity contribution in [3.05, 3.63) is 17.0 Å². The quantitative estimate of drug-likeness (QED) is 0.676. The first-order chi connectivity index (χ1) is 5.59. The van der Waals surface area contributed by atoms with E-state index in [1.807, 2.05) is 11.4 Å². The molecule has 0 amide bonds. The molecule has 0 fully saturated rings. The van der Waals surface area contributed by atoms with Crippen LogP contribution in [0, 0.1) is 5.92 Å². The second-order valence-electron chi connectivity index (χ2n) is 3.33. The second-order valence-corrected chi connectivity index (χ2v) is 4.27. The van der Waals surface area contributed by atoms with E-state index in [4.69, 9.17) is 10.0 Å². The van der Waals surface area contributed by atoms with Gasteiger partial charge in [0, 0.05) is 4.78 Å². The summed E-state index contributed by atoms with van der Waals surface area (Å²) in [6, 6.07) is 1.86. The first kappa shape index (κ1) is 9.77. The first-order valence-corrected chi connectivity index (χ1v) is 4.91. The van der Waals surface area contributed by atoms with E-state index in [1.165, 1.54) is 16.9 Å². The summed E-state index contributed by atoms with van der Waals surface area (Å²) in [4.78, 5) is 0. The van der Waals surface area contributed by atoms with Gasteiger partial charge in [0.1, 0.15) is 0 Å². The zero-order chi connectivity index (χ0) is 9.14. The minimum Gasteiger partial charge on any atom is -0.423 e. The fourth-order valence-electron chi connectivity index (χ4n) is 1.11. The maximum absolute atomic E-state index is 8.84. The molecule has 0 radical (unpaired) electrons. The van der Waals surface area contributed by atoms with Gasteiger partial charge in [0.25, 0.3) is 0 Å². The molecule has 1 aromatic rings. The number of thiophene rings is 1. The first-order valence-electron chi connectivity index (χ1n) is 4.03. The van der Waals surface area contributed by atoms with Crippen LogP contribution in [-0.4, -0.2) is 17.2 Å². The summed E-state index contributed by atoms with van der Waals surface area (Å²) in [7, 11) is -1.31. The molecular formula is C8H13BO2S.